The third-order valence-corrected chi connectivity index (χ3v) is 4.81. The molecule has 2 aromatic rings. The van der Waals surface area contributed by atoms with E-state index in [1.807, 2.05) is 7.05 Å². The van der Waals surface area contributed by atoms with Crippen molar-refractivity contribution in [1.29, 1.82) is 0 Å². The Morgan fingerprint density at radius 3 is 2.61 bits per heavy atom. The van der Waals surface area contributed by atoms with E-state index >= 15 is 0 Å². The van der Waals surface area contributed by atoms with Gasteiger partial charge in [0.25, 0.3) is 0 Å². The van der Waals surface area contributed by atoms with E-state index in [-0.39, 0.29) is 34.5 Å². The molecule has 3 rings (SSSR count). The molecular weight excluding hydrogens is 373 g/mol. The van der Waals surface area contributed by atoms with Gasteiger partial charge in [0.1, 0.15) is 5.75 Å². The van der Waals surface area contributed by atoms with Crippen molar-refractivity contribution in [1.82, 2.24) is 15.1 Å². The van der Waals surface area contributed by atoms with Crippen LogP contribution in [0.25, 0.3) is 11.3 Å². The predicted octanol–water partition coefficient (Wildman–Crippen LogP) is 3.46. The normalized spacial score (nSPS) is 18.1. The zero-order valence-electron chi connectivity index (χ0n) is 15.5. The Morgan fingerprint density at radius 2 is 2.04 bits per heavy atom. The molecule has 1 atom stereocenters. The van der Waals surface area contributed by atoms with E-state index in [0.717, 1.165) is 25.5 Å². The average Bonchev–Trinajstić information content (AvgIpc) is 2.61. The molecule has 6 nitrogen and oxygen atoms in total. The van der Waals surface area contributed by atoms with Crippen molar-refractivity contribution in [3.63, 3.8) is 0 Å². The van der Waals surface area contributed by atoms with Gasteiger partial charge >= 0.3 is 6.18 Å². The van der Waals surface area contributed by atoms with Crippen molar-refractivity contribution in [2.45, 2.75) is 25.9 Å². The SMILES string of the molecule is Cc1cc(C(F)(F)F)cc(O)c1-c1ccc(NC(=O)C2CCCN(C)C2)nn1. The van der Waals surface area contributed by atoms with Gasteiger partial charge < -0.3 is 15.3 Å². The van der Waals surface area contributed by atoms with Crippen LogP contribution in [0.3, 0.4) is 0 Å². The first-order valence-electron chi connectivity index (χ1n) is 8.89. The molecule has 1 aliphatic heterocycles. The van der Waals surface area contributed by atoms with Crippen molar-refractivity contribution < 1.29 is 23.1 Å². The summed E-state index contributed by atoms with van der Waals surface area (Å²) in [6.45, 7) is 3.10. The molecule has 0 spiro atoms. The number of carbonyl (C=O) groups excluding carboxylic acids is 1. The molecule has 150 valence electrons. The molecule has 1 unspecified atom stereocenters. The van der Waals surface area contributed by atoms with E-state index in [0.29, 0.717) is 12.6 Å². The zero-order chi connectivity index (χ0) is 20.5. The van der Waals surface area contributed by atoms with Crippen LogP contribution in [0.2, 0.25) is 0 Å². The van der Waals surface area contributed by atoms with E-state index in [2.05, 4.69) is 20.4 Å². The van der Waals surface area contributed by atoms with Gasteiger partial charge in [-0.15, -0.1) is 10.2 Å². The first kappa shape index (κ1) is 20.1. The number of nitrogens with zero attached hydrogens (tertiary/aromatic N) is 3. The minimum absolute atomic E-state index is 0.124. The highest BCUT2D eigenvalue weighted by Gasteiger charge is 2.32. The maximum atomic E-state index is 12.9. The number of likely N-dealkylation sites (tertiary alicyclic amines) is 1. The second-order valence-corrected chi connectivity index (χ2v) is 7.08. The summed E-state index contributed by atoms with van der Waals surface area (Å²) in [6.07, 6.45) is -2.79. The van der Waals surface area contributed by atoms with Gasteiger partial charge in [-0.2, -0.15) is 13.2 Å². The number of rotatable bonds is 3. The fraction of sp³-hybridized carbons (Fsp3) is 0.421. The Bertz CT molecular complexity index is 845. The number of hydrogen-bond acceptors (Lipinski definition) is 5. The minimum atomic E-state index is -4.55. The molecule has 0 bridgehead atoms. The molecule has 0 radical (unpaired) electrons. The lowest BCUT2D eigenvalue weighted by Gasteiger charge is -2.28. The highest BCUT2D eigenvalue weighted by Crippen LogP contribution is 2.38. The van der Waals surface area contributed by atoms with Gasteiger partial charge in [0.05, 0.1) is 17.2 Å². The molecule has 2 N–H and O–H groups in total. The van der Waals surface area contributed by atoms with Crippen LogP contribution in [-0.2, 0) is 11.0 Å². The molecule has 1 aliphatic rings. The predicted molar refractivity (Wildman–Crippen MR) is 97.7 cm³/mol. The van der Waals surface area contributed by atoms with E-state index in [1.165, 1.54) is 19.1 Å². The Balaban J connectivity index is 1.77. The van der Waals surface area contributed by atoms with Crippen molar-refractivity contribution >= 4 is 11.7 Å². The minimum Gasteiger partial charge on any atom is -0.507 e. The Kier molecular flexibility index (Phi) is 5.55. The maximum Gasteiger partial charge on any atom is 0.416 e. The van der Waals surface area contributed by atoms with Crippen LogP contribution in [0.4, 0.5) is 19.0 Å². The lowest BCUT2D eigenvalue weighted by molar-refractivity contribution is -0.137. The summed E-state index contributed by atoms with van der Waals surface area (Å²) in [5.41, 5.74) is -0.310. The lowest BCUT2D eigenvalue weighted by atomic mass is 9.97. The van der Waals surface area contributed by atoms with Crippen LogP contribution in [0.1, 0.15) is 24.0 Å². The van der Waals surface area contributed by atoms with Gasteiger partial charge in [0.2, 0.25) is 5.91 Å². The topological polar surface area (TPSA) is 78.4 Å². The van der Waals surface area contributed by atoms with Crippen LogP contribution < -0.4 is 5.32 Å². The van der Waals surface area contributed by atoms with Crippen molar-refractivity contribution in [2.24, 2.45) is 5.92 Å². The number of aryl methyl sites for hydroxylation is 1. The van der Waals surface area contributed by atoms with Gasteiger partial charge in [-0.25, -0.2) is 0 Å². The summed E-state index contributed by atoms with van der Waals surface area (Å²) < 4.78 is 38.6. The number of hydrogen-bond donors (Lipinski definition) is 2. The third kappa shape index (κ3) is 4.41. The Morgan fingerprint density at radius 1 is 1.29 bits per heavy atom. The Hall–Kier alpha value is -2.68. The van der Waals surface area contributed by atoms with Crippen molar-refractivity contribution in [3.8, 4) is 17.0 Å². The molecule has 1 amide bonds. The highest BCUT2D eigenvalue weighted by atomic mass is 19.4. The number of amides is 1. The molecule has 1 saturated heterocycles. The summed E-state index contributed by atoms with van der Waals surface area (Å²) in [6, 6.07) is 4.64. The molecule has 2 heterocycles. The summed E-state index contributed by atoms with van der Waals surface area (Å²) >= 11 is 0. The van der Waals surface area contributed by atoms with E-state index in [9.17, 15) is 23.1 Å². The van der Waals surface area contributed by atoms with Crippen LogP contribution in [0, 0.1) is 12.8 Å². The second kappa shape index (κ2) is 7.75. The van der Waals surface area contributed by atoms with Crippen LogP contribution in [0.15, 0.2) is 24.3 Å². The number of phenols is 1. The first-order valence-corrected chi connectivity index (χ1v) is 8.89. The number of carbonyl (C=O) groups is 1. The summed E-state index contributed by atoms with van der Waals surface area (Å²) in [7, 11) is 1.97. The summed E-state index contributed by atoms with van der Waals surface area (Å²) in [5.74, 6) is -0.529. The van der Waals surface area contributed by atoms with Crippen LogP contribution in [-0.4, -0.2) is 46.2 Å². The van der Waals surface area contributed by atoms with Gasteiger partial charge in [-0.3, -0.25) is 4.79 Å². The quantitative estimate of drug-likeness (QED) is 0.834. The lowest BCUT2D eigenvalue weighted by Crippen LogP contribution is -2.38. The zero-order valence-corrected chi connectivity index (χ0v) is 15.5. The molecular formula is C19H21F3N4O2. The van der Waals surface area contributed by atoms with Gasteiger partial charge in [0.15, 0.2) is 5.82 Å². The molecule has 1 fully saturated rings. The number of anilines is 1. The monoisotopic (exact) mass is 394 g/mol. The molecule has 1 aromatic carbocycles. The number of halogens is 3. The van der Waals surface area contributed by atoms with Crippen LogP contribution in [0.5, 0.6) is 5.75 Å². The van der Waals surface area contributed by atoms with E-state index < -0.39 is 17.5 Å². The number of benzene rings is 1. The number of aromatic nitrogens is 2. The summed E-state index contributed by atoms with van der Waals surface area (Å²) in [5, 5.41) is 20.7. The number of phenolic OH excluding ortho intramolecular Hbond substituents is 1. The van der Waals surface area contributed by atoms with E-state index in [1.54, 1.807) is 0 Å². The van der Waals surface area contributed by atoms with Gasteiger partial charge in [-0.1, -0.05) is 0 Å². The molecule has 28 heavy (non-hydrogen) atoms. The number of aromatic hydroxyl groups is 1. The van der Waals surface area contributed by atoms with E-state index in [4.69, 9.17) is 0 Å². The fourth-order valence-electron chi connectivity index (χ4n) is 3.41. The van der Waals surface area contributed by atoms with Crippen LogP contribution >= 0.6 is 0 Å². The van der Waals surface area contributed by atoms with Crippen molar-refractivity contribution in [2.75, 3.05) is 25.5 Å². The highest BCUT2D eigenvalue weighted by molar-refractivity contribution is 5.92. The maximum absolute atomic E-state index is 12.9. The molecule has 0 saturated carbocycles. The second-order valence-electron chi connectivity index (χ2n) is 7.08. The molecule has 9 heteroatoms. The summed E-state index contributed by atoms with van der Waals surface area (Å²) in [4.78, 5) is 14.5. The largest absolute Gasteiger partial charge is 0.507 e. The van der Waals surface area contributed by atoms with Gasteiger partial charge in [-0.05, 0) is 63.2 Å². The average molecular weight is 394 g/mol. The number of nitrogens with one attached hydrogen (secondary N) is 1. The smallest absolute Gasteiger partial charge is 0.416 e. The van der Waals surface area contributed by atoms with Gasteiger partial charge in [0, 0.05) is 12.1 Å². The molecule has 1 aromatic heterocycles. The Labute approximate surface area is 160 Å². The molecule has 0 aliphatic carbocycles. The number of alkyl halides is 3. The first-order chi connectivity index (χ1) is 13.1. The number of piperidine rings is 1. The third-order valence-electron chi connectivity index (χ3n) is 4.81. The standard InChI is InChI=1S/C19H21F3N4O2/c1-11-8-13(19(20,21)22)9-15(27)17(11)14-5-6-16(25-24-14)23-18(28)12-4-3-7-26(2)10-12/h5-6,8-9,12,27H,3-4,7,10H2,1-2H3,(H,23,25,28). The fourth-order valence-corrected chi connectivity index (χ4v) is 3.41. The van der Waals surface area contributed by atoms with Crippen molar-refractivity contribution in [3.05, 3.63) is 35.4 Å².